The summed E-state index contributed by atoms with van der Waals surface area (Å²) < 4.78 is 24.8. The maximum Gasteiger partial charge on any atom is 0.306 e. The lowest BCUT2D eigenvalue weighted by molar-refractivity contribution is -0.142. The van der Waals surface area contributed by atoms with Crippen molar-refractivity contribution < 1.29 is 43.5 Å². The number of carbonyl (C=O) groups excluding carboxylic acids is 1. The molecule has 2 aromatic heterocycles. The Morgan fingerprint density at radius 2 is 1.51 bits per heavy atom. The molecule has 0 bridgehead atoms. The molecule has 4 rings (SSSR count). The molecule has 4 aromatic rings. The zero-order valence-corrected chi connectivity index (χ0v) is 26.6. The molecule has 9 nitrogen and oxygen atoms in total. The lowest BCUT2D eigenvalue weighted by Crippen LogP contribution is -2.13. The van der Waals surface area contributed by atoms with Gasteiger partial charge in [0.2, 0.25) is 0 Å². The highest BCUT2D eigenvalue weighted by Crippen LogP contribution is 2.44. The standard InChI is InChI=1S/C31H33ClO9S2/c1-16(30(34)35)6-7-19-13-20-26(42-19)15-24(39-4)29(28(20)32)41-9-5-8-40-23-11-18-12-27(21(33)10-17(2)31(36)37)43-25(18)14-22(23)38-3/h11-17H,5-10H2,1-4H3,(H,34,35)(H,36,37). The van der Waals surface area contributed by atoms with E-state index in [0.29, 0.717) is 65.4 Å². The number of rotatable bonds is 16. The molecule has 0 fully saturated rings. The highest BCUT2D eigenvalue weighted by Gasteiger charge is 2.21. The second-order valence-corrected chi connectivity index (χ2v) is 12.8. The molecule has 0 saturated heterocycles. The normalized spacial score (nSPS) is 12.7. The molecule has 0 aliphatic carbocycles. The molecule has 0 saturated carbocycles. The van der Waals surface area contributed by atoms with Gasteiger partial charge in [-0.1, -0.05) is 25.4 Å². The van der Waals surface area contributed by atoms with Crippen LogP contribution in [0.25, 0.3) is 20.2 Å². The molecule has 230 valence electrons. The molecule has 2 N–H and O–H groups in total. The van der Waals surface area contributed by atoms with Crippen LogP contribution in [-0.2, 0) is 16.0 Å². The lowest BCUT2D eigenvalue weighted by Gasteiger charge is -2.14. The minimum absolute atomic E-state index is 0.0654. The number of halogens is 1. The van der Waals surface area contributed by atoms with Gasteiger partial charge in [0.25, 0.3) is 0 Å². The predicted octanol–water partition coefficient (Wildman–Crippen LogP) is 7.58. The fraction of sp³-hybridized carbons (Fsp3) is 0.387. The van der Waals surface area contributed by atoms with Gasteiger partial charge >= 0.3 is 11.9 Å². The van der Waals surface area contributed by atoms with E-state index < -0.39 is 23.8 Å². The summed E-state index contributed by atoms with van der Waals surface area (Å²) in [6, 6.07) is 9.22. The van der Waals surface area contributed by atoms with E-state index in [1.165, 1.54) is 18.3 Å². The third-order valence-corrected chi connectivity index (χ3v) is 9.64. The first-order chi connectivity index (χ1) is 20.5. The Balaban J connectivity index is 1.39. The number of Topliss-reactive ketones (excluding diaryl/α,β-unsaturated/α-hetero) is 1. The number of hydrogen-bond acceptors (Lipinski definition) is 9. The highest BCUT2D eigenvalue weighted by molar-refractivity contribution is 7.21. The number of ketones is 1. The van der Waals surface area contributed by atoms with E-state index in [-0.39, 0.29) is 12.2 Å². The number of aryl methyl sites for hydroxylation is 1. The number of thiophene rings is 2. The Morgan fingerprint density at radius 1 is 0.837 bits per heavy atom. The number of fused-ring (bicyclic) bond motifs is 2. The van der Waals surface area contributed by atoms with Crippen LogP contribution in [0, 0.1) is 11.8 Å². The van der Waals surface area contributed by atoms with Crippen molar-refractivity contribution in [2.45, 2.75) is 39.5 Å². The molecule has 2 atom stereocenters. The van der Waals surface area contributed by atoms with Gasteiger partial charge < -0.3 is 29.2 Å². The van der Waals surface area contributed by atoms with E-state index in [9.17, 15) is 14.4 Å². The summed E-state index contributed by atoms with van der Waals surface area (Å²) >= 11 is 9.58. The average Bonchev–Trinajstić information content (AvgIpc) is 3.59. The van der Waals surface area contributed by atoms with Crippen LogP contribution in [0.4, 0.5) is 0 Å². The van der Waals surface area contributed by atoms with Crippen LogP contribution in [0.5, 0.6) is 23.0 Å². The van der Waals surface area contributed by atoms with Crippen LogP contribution in [0.15, 0.2) is 30.3 Å². The SMILES string of the molecule is COc1cc2sc(C(=O)CC(C)C(=O)O)cc2cc1OCCCOc1c(OC)cc2sc(CCC(C)C(=O)O)cc2c1Cl. The molecule has 2 unspecified atom stereocenters. The van der Waals surface area contributed by atoms with Crippen molar-refractivity contribution in [3.63, 3.8) is 0 Å². The lowest BCUT2D eigenvalue weighted by atomic mass is 10.0. The summed E-state index contributed by atoms with van der Waals surface area (Å²) in [7, 11) is 3.09. The van der Waals surface area contributed by atoms with E-state index >= 15 is 0 Å². The second kappa shape index (κ2) is 14.3. The monoisotopic (exact) mass is 648 g/mol. The molecular formula is C31H33ClO9S2. The first-order valence-electron chi connectivity index (χ1n) is 13.7. The predicted molar refractivity (Wildman–Crippen MR) is 168 cm³/mol. The van der Waals surface area contributed by atoms with Crippen molar-refractivity contribution in [1.82, 2.24) is 0 Å². The molecule has 0 aliphatic rings. The minimum atomic E-state index is -1.00. The summed E-state index contributed by atoms with van der Waals surface area (Å²) in [5.41, 5.74) is 0. The van der Waals surface area contributed by atoms with Crippen molar-refractivity contribution in [2.75, 3.05) is 27.4 Å². The van der Waals surface area contributed by atoms with Crippen LogP contribution in [0.3, 0.4) is 0 Å². The molecule has 0 radical (unpaired) electrons. The largest absolute Gasteiger partial charge is 0.493 e. The number of carboxylic acid groups (broad SMARTS) is 2. The van der Waals surface area contributed by atoms with Crippen molar-refractivity contribution >= 4 is 72.2 Å². The van der Waals surface area contributed by atoms with Crippen molar-refractivity contribution in [3.8, 4) is 23.0 Å². The third kappa shape index (κ3) is 7.70. The van der Waals surface area contributed by atoms with E-state index in [1.807, 2.05) is 18.2 Å². The van der Waals surface area contributed by atoms with Crippen LogP contribution >= 0.6 is 34.3 Å². The van der Waals surface area contributed by atoms with Gasteiger partial charge in [-0.2, -0.15) is 0 Å². The Labute approximate surface area is 261 Å². The summed E-state index contributed by atoms with van der Waals surface area (Å²) in [5.74, 6) is -1.22. The second-order valence-electron chi connectivity index (χ2n) is 10.2. The molecule has 12 heteroatoms. The fourth-order valence-electron chi connectivity index (χ4n) is 4.38. The van der Waals surface area contributed by atoms with E-state index in [0.717, 1.165) is 25.0 Å². The van der Waals surface area contributed by atoms with Crippen LogP contribution < -0.4 is 18.9 Å². The molecule has 0 amide bonds. The molecule has 2 heterocycles. The van der Waals surface area contributed by atoms with Crippen molar-refractivity contribution in [2.24, 2.45) is 11.8 Å². The van der Waals surface area contributed by atoms with E-state index in [4.69, 9.17) is 40.8 Å². The summed E-state index contributed by atoms with van der Waals surface area (Å²) in [4.78, 5) is 36.4. The summed E-state index contributed by atoms with van der Waals surface area (Å²) in [5, 5.41) is 20.4. The van der Waals surface area contributed by atoms with Crippen LogP contribution in [0.1, 0.15) is 47.7 Å². The smallest absolute Gasteiger partial charge is 0.306 e. The number of hydrogen-bond donors (Lipinski definition) is 2. The van der Waals surface area contributed by atoms with Gasteiger partial charge in [-0.3, -0.25) is 14.4 Å². The number of methoxy groups -OCH3 is 2. The molecule has 0 spiro atoms. The summed E-state index contributed by atoms with van der Waals surface area (Å²) in [6.45, 7) is 3.84. The Kier molecular flexibility index (Phi) is 10.8. The molecule has 0 aliphatic heterocycles. The van der Waals surface area contributed by atoms with Gasteiger partial charge in [0.15, 0.2) is 28.8 Å². The van der Waals surface area contributed by atoms with Gasteiger partial charge in [-0.25, -0.2) is 0 Å². The summed E-state index contributed by atoms with van der Waals surface area (Å²) in [6.07, 6.45) is 1.64. The van der Waals surface area contributed by atoms with Crippen LogP contribution in [-0.4, -0.2) is 55.4 Å². The van der Waals surface area contributed by atoms with E-state index in [1.54, 1.807) is 44.6 Å². The van der Waals surface area contributed by atoms with E-state index in [2.05, 4.69) is 0 Å². The van der Waals surface area contributed by atoms with Gasteiger partial charge in [0.05, 0.1) is 49.2 Å². The molecule has 2 aromatic carbocycles. The molecule has 43 heavy (non-hydrogen) atoms. The number of carbonyl (C=O) groups is 3. The maximum atomic E-state index is 12.6. The Morgan fingerprint density at radius 3 is 2.19 bits per heavy atom. The van der Waals surface area contributed by atoms with Gasteiger partial charge in [-0.15, -0.1) is 22.7 Å². The Bertz CT molecular complexity index is 1640. The number of ether oxygens (including phenoxy) is 4. The minimum Gasteiger partial charge on any atom is -0.493 e. The fourth-order valence-corrected chi connectivity index (χ4v) is 6.88. The van der Waals surface area contributed by atoms with Crippen molar-refractivity contribution in [1.29, 1.82) is 0 Å². The number of aliphatic carboxylic acids is 2. The number of carboxylic acids is 2. The van der Waals surface area contributed by atoms with Gasteiger partial charge in [-0.05, 0) is 36.4 Å². The quantitative estimate of drug-likeness (QED) is 0.0933. The third-order valence-electron chi connectivity index (χ3n) is 6.98. The van der Waals surface area contributed by atoms with Gasteiger partial charge in [0, 0.05) is 44.6 Å². The Hall–Kier alpha value is -3.54. The van der Waals surface area contributed by atoms with Crippen LogP contribution in [0.2, 0.25) is 5.02 Å². The highest BCUT2D eigenvalue weighted by atomic mass is 35.5. The maximum absolute atomic E-state index is 12.6. The molecular weight excluding hydrogens is 616 g/mol. The van der Waals surface area contributed by atoms with Gasteiger partial charge in [0.1, 0.15) is 0 Å². The zero-order chi connectivity index (χ0) is 31.3. The van der Waals surface area contributed by atoms with Crippen molar-refractivity contribution in [3.05, 3.63) is 45.1 Å². The first-order valence-corrected chi connectivity index (χ1v) is 15.7. The first kappa shape index (κ1) is 32.4. The topological polar surface area (TPSA) is 129 Å². The average molecular weight is 649 g/mol. The zero-order valence-electron chi connectivity index (χ0n) is 24.2. The number of benzene rings is 2.